The van der Waals surface area contributed by atoms with Gasteiger partial charge in [0, 0.05) is 17.1 Å². The second-order valence-corrected chi connectivity index (χ2v) is 11.3. The van der Waals surface area contributed by atoms with E-state index in [1.807, 2.05) is 0 Å². The fraction of sp³-hybridized carbons (Fsp3) is 0.353. The highest BCUT2D eigenvalue weighted by Crippen LogP contribution is 2.55. The summed E-state index contributed by atoms with van der Waals surface area (Å²) < 4.78 is 0. The van der Waals surface area contributed by atoms with Crippen LogP contribution in [0.2, 0.25) is 0 Å². The van der Waals surface area contributed by atoms with Crippen molar-refractivity contribution >= 4 is 5.69 Å². The molecule has 182 valence electrons. The molecule has 0 aliphatic heterocycles. The van der Waals surface area contributed by atoms with Crippen LogP contribution in [0.5, 0.6) is 0 Å². The van der Waals surface area contributed by atoms with Gasteiger partial charge in [-0.25, -0.2) is 0 Å². The Hall–Kier alpha value is -3.06. The van der Waals surface area contributed by atoms with E-state index in [1.54, 1.807) is 0 Å². The van der Waals surface area contributed by atoms with Gasteiger partial charge in [-0.3, -0.25) is 0 Å². The van der Waals surface area contributed by atoms with Crippen molar-refractivity contribution in [3.63, 3.8) is 0 Å². The molecule has 3 aromatic rings. The number of hydrogen-bond donors (Lipinski definition) is 1. The van der Waals surface area contributed by atoms with Gasteiger partial charge in [-0.2, -0.15) is 0 Å². The maximum absolute atomic E-state index is 3.73. The van der Waals surface area contributed by atoms with Crippen molar-refractivity contribution in [2.24, 2.45) is 5.92 Å². The van der Waals surface area contributed by atoms with E-state index in [0.717, 1.165) is 0 Å². The van der Waals surface area contributed by atoms with Crippen molar-refractivity contribution in [1.82, 2.24) is 0 Å². The second-order valence-electron chi connectivity index (χ2n) is 11.3. The third kappa shape index (κ3) is 4.16. The number of benzene rings is 3. The van der Waals surface area contributed by atoms with Crippen LogP contribution in [0.15, 0.2) is 95.1 Å². The van der Waals surface area contributed by atoms with E-state index in [4.69, 9.17) is 0 Å². The van der Waals surface area contributed by atoms with E-state index < -0.39 is 0 Å². The first kappa shape index (κ1) is 25.0. The van der Waals surface area contributed by atoms with Crippen LogP contribution in [0.3, 0.4) is 0 Å². The zero-order valence-electron chi connectivity index (χ0n) is 23.0. The van der Waals surface area contributed by atoms with E-state index in [9.17, 15) is 0 Å². The van der Waals surface area contributed by atoms with Crippen molar-refractivity contribution in [3.05, 3.63) is 123 Å². The Morgan fingerprint density at radius 1 is 0.629 bits per heavy atom. The summed E-state index contributed by atoms with van der Waals surface area (Å²) in [6.45, 7) is 20.6. The Balaban J connectivity index is 2.14. The summed E-state index contributed by atoms with van der Waals surface area (Å²) in [5, 5.41) is 3.73. The molecule has 35 heavy (non-hydrogen) atoms. The van der Waals surface area contributed by atoms with Gasteiger partial charge in [-0.15, -0.1) is 0 Å². The summed E-state index contributed by atoms with van der Waals surface area (Å²) in [7, 11) is 0. The lowest BCUT2D eigenvalue weighted by atomic mass is 9.60. The molecule has 0 aromatic heterocycles. The SMILES string of the molecule is CC1=C(C)C(C)C(C(c2ccccc2)(c2ccccc2)c2ccc(NC(C)(C)C)c(C)c2C)=C1C. The van der Waals surface area contributed by atoms with Crippen molar-refractivity contribution in [2.75, 3.05) is 5.32 Å². The van der Waals surface area contributed by atoms with Crippen LogP contribution in [0.25, 0.3) is 0 Å². The summed E-state index contributed by atoms with van der Waals surface area (Å²) in [6.07, 6.45) is 0. The number of allylic oxidation sites excluding steroid dienone is 4. The first-order valence-corrected chi connectivity index (χ1v) is 12.9. The predicted octanol–water partition coefficient (Wildman–Crippen LogP) is 9.15. The molecule has 1 heteroatoms. The largest absolute Gasteiger partial charge is 0.380 e. The minimum Gasteiger partial charge on any atom is -0.380 e. The summed E-state index contributed by atoms with van der Waals surface area (Å²) in [5.74, 6) is 0.363. The van der Waals surface area contributed by atoms with Crippen LogP contribution < -0.4 is 5.32 Å². The minimum absolute atomic E-state index is 0.00585. The van der Waals surface area contributed by atoms with Crippen LogP contribution in [-0.4, -0.2) is 5.54 Å². The van der Waals surface area contributed by atoms with E-state index in [2.05, 4.69) is 140 Å². The second kappa shape index (κ2) is 9.19. The molecule has 0 heterocycles. The van der Waals surface area contributed by atoms with Gasteiger partial charge in [0.25, 0.3) is 0 Å². The number of anilines is 1. The van der Waals surface area contributed by atoms with Gasteiger partial charge in [0.1, 0.15) is 0 Å². The zero-order chi connectivity index (χ0) is 25.5. The molecule has 1 unspecified atom stereocenters. The minimum atomic E-state index is -0.375. The van der Waals surface area contributed by atoms with E-state index in [1.165, 1.54) is 55.8 Å². The quantitative estimate of drug-likeness (QED) is 0.372. The molecule has 3 aromatic carbocycles. The highest BCUT2D eigenvalue weighted by Gasteiger charge is 2.46. The molecule has 1 N–H and O–H groups in total. The fourth-order valence-electron chi connectivity index (χ4n) is 6.05. The third-order valence-electron chi connectivity index (χ3n) is 8.16. The average Bonchev–Trinajstić information content (AvgIpc) is 3.02. The Bertz CT molecular complexity index is 1240. The van der Waals surface area contributed by atoms with Gasteiger partial charge in [0.2, 0.25) is 0 Å². The van der Waals surface area contributed by atoms with E-state index >= 15 is 0 Å². The lowest BCUT2D eigenvalue weighted by molar-refractivity contribution is 0.620. The van der Waals surface area contributed by atoms with Gasteiger partial charge < -0.3 is 5.32 Å². The first-order chi connectivity index (χ1) is 16.5. The lowest BCUT2D eigenvalue weighted by Crippen LogP contribution is -2.36. The maximum atomic E-state index is 3.73. The number of hydrogen-bond acceptors (Lipinski definition) is 1. The molecule has 0 saturated heterocycles. The zero-order valence-corrected chi connectivity index (χ0v) is 23.0. The molecule has 4 rings (SSSR count). The van der Waals surface area contributed by atoms with Crippen LogP contribution >= 0.6 is 0 Å². The monoisotopic (exact) mass is 463 g/mol. The van der Waals surface area contributed by atoms with E-state index in [0.29, 0.717) is 5.92 Å². The molecular formula is C34H41N. The third-order valence-corrected chi connectivity index (χ3v) is 8.16. The molecule has 0 saturated carbocycles. The molecule has 0 bridgehead atoms. The molecule has 0 amide bonds. The normalized spacial score (nSPS) is 16.8. The molecule has 0 radical (unpaired) electrons. The van der Waals surface area contributed by atoms with Gasteiger partial charge >= 0.3 is 0 Å². The molecule has 1 atom stereocenters. The summed E-state index contributed by atoms with van der Waals surface area (Å²) >= 11 is 0. The van der Waals surface area contributed by atoms with Crippen LogP contribution in [-0.2, 0) is 5.41 Å². The molecule has 0 fully saturated rings. The fourth-order valence-corrected chi connectivity index (χ4v) is 6.05. The summed E-state index contributed by atoms with van der Waals surface area (Å²) in [5.41, 5.74) is 13.4. The smallest absolute Gasteiger partial charge is 0.0675 e. The predicted molar refractivity (Wildman–Crippen MR) is 152 cm³/mol. The van der Waals surface area contributed by atoms with Crippen molar-refractivity contribution < 1.29 is 0 Å². The molecule has 0 spiro atoms. The van der Waals surface area contributed by atoms with Crippen LogP contribution in [0.1, 0.15) is 76.3 Å². The standard InChI is InChI=1S/C34H41N/c1-22-23(2)27(6)32(26(22)5)34(28-16-12-10-13-17-28,29-18-14-11-15-19-29)30-20-21-31(25(4)24(30)3)35-33(7,8)9/h10-21,26,35H,1-9H3. The highest BCUT2D eigenvalue weighted by molar-refractivity contribution is 5.69. The molecular weight excluding hydrogens is 422 g/mol. The Labute approximate surface area is 213 Å². The van der Waals surface area contributed by atoms with Crippen molar-refractivity contribution in [3.8, 4) is 0 Å². The van der Waals surface area contributed by atoms with Gasteiger partial charge in [0.05, 0.1) is 5.41 Å². The van der Waals surface area contributed by atoms with Crippen molar-refractivity contribution in [2.45, 2.75) is 73.3 Å². The Kier molecular flexibility index (Phi) is 6.58. The molecule has 1 aliphatic rings. The first-order valence-electron chi connectivity index (χ1n) is 12.9. The molecule has 1 aliphatic carbocycles. The lowest BCUT2D eigenvalue weighted by Gasteiger charge is -2.42. The van der Waals surface area contributed by atoms with Crippen LogP contribution in [0.4, 0.5) is 5.69 Å². The topological polar surface area (TPSA) is 12.0 Å². The Morgan fingerprint density at radius 2 is 1.14 bits per heavy atom. The number of rotatable bonds is 5. The molecule has 1 nitrogen and oxygen atoms in total. The van der Waals surface area contributed by atoms with Crippen molar-refractivity contribution in [1.29, 1.82) is 0 Å². The summed E-state index contributed by atoms with van der Waals surface area (Å²) in [6, 6.07) is 27.0. The van der Waals surface area contributed by atoms with E-state index in [-0.39, 0.29) is 11.0 Å². The van der Waals surface area contributed by atoms with Gasteiger partial charge in [0.15, 0.2) is 0 Å². The van der Waals surface area contributed by atoms with Gasteiger partial charge in [-0.1, -0.05) is 79.2 Å². The van der Waals surface area contributed by atoms with Crippen LogP contribution in [0, 0.1) is 19.8 Å². The highest BCUT2D eigenvalue weighted by atomic mass is 15.0. The average molecular weight is 464 g/mol. The number of nitrogens with one attached hydrogen (secondary N) is 1. The van der Waals surface area contributed by atoms with Gasteiger partial charge in [-0.05, 0) is 106 Å². The maximum Gasteiger partial charge on any atom is 0.0675 e. The Morgan fingerprint density at radius 3 is 1.57 bits per heavy atom. The summed E-state index contributed by atoms with van der Waals surface area (Å²) in [4.78, 5) is 0.